The van der Waals surface area contributed by atoms with E-state index in [4.69, 9.17) is 0 Å². The third-order valence-electron chi connectivity index (χ3n) is 5.46. The van der Waals surface area contributed by atoms with Crippen LogP contribution in [0.15, 0.2) is 17.5 Å². The Hall–Kier alpha value is -0.910. The molecule has 0 aromatic carbocycles. The number of hydrogen-bond donors (Lipinski definition) is 1. The van der Waals surface area contributed by atoms with E-state index in [1.165, 1.54) is 41.9 Å². The second-order valence-electron chi connectivity index (χ2n) is 6.85. The van der Waals surface area contributed by atoms with E-state index in [1.54, 1.807) is 22.7 Å². The molecule has 3 aliphatic heterocycles. The number of amides is 1. The zero-order valence-corrected chi connectivity index (χ0v) is 13.4. The molecule has 1 saturated carbocycles. The van der Waals surface area contributed by atoms with Gasteiger partial charge in [0.05, 0.1) is 8.89 Å². The average Bonchev–Trinajstić information content (AvgIpc) is 3.02. The van der Waals surface area contributed by atoms with Crippen LogP contribution in [-0.2, 0) is 0 Å². The van der Waals surface area contributed by atoms with Crippen LogP contribution >= 0.6 is 22.7 Å². The van der Waals surface area contributed by atoms with Crippen LogP contribution in [0.5, 0.6) is 0 Å². The van der Waals surface area contributed by atoms with Crippen molar-refractivity contribution in [2.75, 3.05) is 19.6 Å². The standard InChI is InChI=1S/C16H18N2OS2/c19-15(13-5-10-1-2-20-16(10)21-13)17-14-11-3-9-4-12(14)8-18(6-9)7-11/h1-2,5,9,11-12,14H,3-4,6-8H2,(H,17,19)/t9?,11-,12+,14?. The highest BCUT2D eigenvalue weighted by Gasteiger charge is 2.47. The van der Waals surface area contributed by atoms with Crippen LogP contribution in [-0.4, -0.2) is 36.5 Å². The fourth-order valence-corrected chi connectivity index (χ4v) is 6.76. The first-order chi connectivity index (χ1) is 10.3. The Morgan fingerprint density at radius 1 is 1.24 bits per heavy atom. The summed E-state index contributed by atoms with van der Waals surface area (Å²) in [6.07, 6.45) is 2.63. The molecule has 110 valence electrons. The molecule has 5 heterocycles. The first-order valence-electron chi connectivity index (χ1n) is 7.76. The molecule has 21 heavy (non-hydrogen) atoms. The van der Waals surface area contributed by atoms with E-state index in [0.29, 0.717) is 17.9 Å². The van der Waals surface area contributed by atoms with Crippen LogP contribution in [0.3, 0.4) is 0 Å². The van der Waals surface area contributed by atoms with E-state index in [2.05, 4.69) is 21.7 Å². The van der Waals surface area contributed by atoms with Crippen molar-refractivity contribution in [1.82, 2.24) is 10.2 Å². The van der Waals surface area contributed by atoms with Crippen LogP contribution in [0.2, 0.25) is 0 Å². The minimum absolute atomic E-state index is 0.149. The molecule has 3 unspecified atom stereocenters. The minimum Gasteiger partial charge on any atom is -0.348 e. The molecular weight excluding hydrogens is 300 g/mol. The number of rotatable bonds is 2. The maximum atomic E-state index is 12.6. The summed E-state index contributed by atoms with van der Waals surface area (Å²) in [6, 6.07) is 4.56. The number of thiophene rings is 2. The van der Waals surface area contributed by atoms with Crippen molar-refractivity contribution in [3.63, 3.8) is 0 Å². The second kappa shape index (κ2) is 4.54. The van der Waals surface area contributed by atoms with Gasteiger partial charge >= 0.3 is 0 Å². The molecule has 4 fully saturated rings. The largest absolute Gasteiger partial charge is 0.348 e. The Morgan fingerprint density at radius 2 is 2.05 bits per heavy atom. The van der Waals surface area contributed by atoms with Crippen LogP contribution in [0.4, 0.5) is 0 Å². The molecule has 2 aromatic rings. The lowest BCUT2D eigenvalue weighted by atomic mass is 9.65. The van der Waals surface area contributed by atoms with Crippen molar-refractivity contribution in [3.8, 4) is 0 Å². The summed E-state index contributed by atoms with van der Waals surface area (Å²) in [6.45, 7) is 3.68. The van der Waals surface area contributed by atoms with E-state index in [1.807, 2.05) is 6.07 Å². The summed E-state index contributed by atoms with van der Waals surface area (Å²) < 4.78 is 1.26. The number of carbonyl (C=O) groups is 1. The molecule has 5 heteroatoms. The summed E-state index contributed by atoms with van der Waals surface area (Å²) in [4.78, 5) is 16.1. The molecule has 0 radical (unpaired) electrons. The van der Waals surface area contributed by atoms with Crippen LogP contribution in [0, 0.1) is 17.8 Å². The fourth-order valence-electron chi connectivity index (χ4n) is 4.74. The molecule has 4 aliphatic rings. The number of carbonyl (C=O) groups excluding carboxylic acids is 1. The van der Waals surface area contributed by atoms with Gasteiger partial charge in [0.1, 0.15) is 0 Å². The molecular formula is C16H18N2OS2. The molecule has 3 nitrogen and oxygen atoms in total. The summed E-state index contributed by atoms with van der Waals surface area (Å²) >= 11 is 3.36. The van der Waals surface area contributed by atoms with Gasteiger partial charge in [-0.2, -0.15) is 0 Å². The van der Waals surface area contributed by atoms with E-state index < -0.39 is 0 Å². The Labute approximate surface area is 131 Å². The van der Waals surface area contributed by atoms with Gasteiger partial charge in [0.15, 0.2) is 0 Å². The SMILES string of the molecule is O=C(NC1[C@@H]2CC3C[C@H]1CN(C3)C2)c1cc2ccsc2s1. The van der Waals surface area contributed by atoms with Gasteiger partial charge in [0, 0.05) is 31.1 Å². The fraction of sp³-hybridized carbons (Fsp3) is 0.562. The highest BCUT2D eigenvalue weighted by Crippen LogP contribution is 2.43. The van der Waals surface area contributed by atoms with Gasteiger partial charge in [-0.3, -0.25) is 4.79 Å². The molecule has 1 N–H and O–H groups in total. The number of hydrogen-bond acceptors (Lipinski definition) is 4. The third-order valence-corrected chi connectivity index (χ3v) is 7.66. The highest BCUT2D eigenvalue weighted by atomic mass is 32.2. The van der Waals surface area contributed by atoms with E-state index >= 15 is 0 Å². The van der Waals surface area contributed by atoms with Gasteiger partial charge in [0.2, 0.25) is 0 Å². The average molecular weight is 318 g/mol. The lowest BCUT2D eigenvalue weighted by Crippen LogP contribution is -2.64. The van der Waals surface area contributed by atoms with Gasteiger partial charge < -0.3 is 10.2 Å². The van der Waals surface area contributed by atoms with Crippen LogP contribution in [0.25, 0.3) is 9.40 Å². The summed E-state index contributed by atoms with van der Waals surface area (Å²) in [5.74, 6) is 2.40. The van der Waals surface area contributed by atoms with Crippen LogP contribution < -0.4 is 5.32 Å². The normalized spacial score (nSPS) is 37.2. The maximum absolute atomic E-state index is 12.6. The number of nitrogens with one attached hydrogen (secondary N) is 1. The van der Waals surface area contributed by atoms with Crippen molar-refractivity contribution in [1.29, 1.82) is 0 Å². The molecule has 4 bridgehead atoms. The van der Waals surface area contributed by atoms with Gasteiger partial charge in [-0.15, -0.1) is 22.7 Å². The molecule has 2 aromatic heterocycles. The second-order valence-corrected chi connectivity index (χ2v) is 9.08. The lowest BCUT2D eigenvalue weighted by Gasteiger charge is -2.55. The van der Waals surface area contributed by atoms with E-state index in [-0.39, 0.29) is 5.91 Å². The van der Waals surface area contributed by atoms with Crippen molar-refractivity contribution in [2.45, 2.75) is 18.9 Å². The number of nitrogens with zero attached hydrogens (tertiary/aromatic N) is 1. The zero-order chi connectivity index (χ0) is 14.0. The summed E-state index contributed by atoms with van der Waals surface area (Å²) in [5.41, 5.74) is 0. The summed E-state index contributed by atoms with van der Waals surface area (Å²) in [7, 11) is 0. The monoisotopic (exact) mass is 318 g/mol. The Morgan fingerprint density at radius 3 is 2.76 bits per heavy atom. The highest BCUT2D eigenvalue weighted by molar-refractivity contribution is 7.38. The zero-order valence-electron chi connectivity index (χ0n) is 11.7. The van der Waals surface area contributed by atoms with E-state index in [9.17, 15) is 4.79 Å². The van der Waals surface area contributed by atoms with Gasteiger partial charge in [-0.25, -0.2) is 0 Å². The predicted molar refractivity (Wildman–Crippen MR) is 87.1 cm³/mol. The molecule has 1 amide bonds. The minimum atomic E-state index is 0.149. The molecule has 1 aliphatic carbocycles. The predicted octanol–water partition coefficient (Wildman–Crippen LogP) is 3.03. The molecule has 6 rings (SSSR count). The van der Waals surface area contributed by atoms with Gasteiger partial charge in [-0.05, 0) is 48.1 Å². The maximum Gasteiger partial charge on any atom is 0.261 e. The van der Waals surface area contributed by atoms with Crippen molar-refractivity contribution in [2.24, 2.45) is 17.8 Å². The van der Waals surface area contributed by atoms with Crippen molar-refractivity contribution >= 4 is 38.0 Å². The molecule has 5 atom stereocenters. The first-order valence-corrected chi connectivity index (χ1v) is 9.46. The van der Waals surface area contributed by atoms with Crippen molar-refractivity contribution < 1.29 is 4.79 Å². The Kier molecular flexibility index (Phi) is 2.73. The quantitative estimate of drug-likeness (QED) is 0.923. The number of piperidine rings is 3. The first kappa shape index (κ1) is 12.6. The third kappa shape index (κ3) is 1.98. The van der Waals surface area contributed by atoms with Gasteiger partial charge in [-0.1, -0.05) is 0 Å². The smallest absolute Gasteiger partial charge is 0.261 e. The molecule has 3 saturated heterocycles. The Balaban J connectivity index is 1.37. The van der Waals surface area contributed by atoms with Crippen molar-refractivity contribution in [3.05, 3.63) is 22.4 Å². The topological polar surface area (TPSA) is 32.3 Å². The van der Waals surface area contributed by atoms with Crippen LogP contribution in [0.1, 0.15) is 22.5 Å². The summed E-state index contributed by atoms with van der Waals surface area (Å²) in [5, 5.41) is 6.69. The van der Waals surface area contributed by atoms with Gasteiger partial charge in [0.25, 0.3) is 5.91 Å². The molecule has 0 spiro atoms. The lowest BCUT2D eigenvalue weighted by molar-refractivity contribution is -0.0418. The van der Waals surface area contributed by atoms with E-state index in [0.717, 1.165) is 10.8 Å². The number of fused-ring (bicyclic) bond motifs is 1. The Bertz CT molecular complexity index is 648.